The van der Waals surface area contributed by atoms with Gasteiger partial charge in [-0.05, 0) is 25.8 Å². The molecule has 6 heteroatoms. The lowest BCUT2D eigenvalue weighted by atomic mass is 10.1. The Balaban J connectivity index is 2.57. The Kier molecular flexibility index (Phi) is 4.47. The van der Waals surface area contributed by atoms with Gasteiger partial charge < -0.3 is 5.32 Å². The molecule has 0 saturated carbocycles. The number of hydrogen-bond acceptors (Lipinski definition) is 5. The Labute approximate surface area is 123 Å². The summed E-state index contributed by atoms with van der Waals surface area (Å²) in [6, 6.07) is 6.65. The summed E-state index contributed by atoms with van der Waals surface area (Å²) in [4.78, 5) is 19.5. The normalized spacial score (nSPS) is 10.4. The molecule has 0 amide bonds. The van der Waals surface area contributed by atoms with Crippen LogP contribution in [-0.4, -0.2) is 21.4 Å². The van der Waals surface area contributed by atoms with E-state index >= 15 is 0 Å². The van der Waals surface area contributed by atoms with E-state index in [1.165, 1.54) is 12.1 Å². The first-order valence-electron chi connectivity index (χ1n) is 6.92. The number of anilines is 1. The van der Waals surface area contributed by atoms with Crippen molar-refractivity contribution in [1.82, 2.24) is 9.97 Å². The molecule has 0 atom stereocenters. The van der Waals surface area contributed by atoms with Gasteiger partial charge in [-0.15, -0.1) is 0 Å². The molecule has 0 radical (unpaired) electrons. The summed E-state index contributed by atoms with van der Waals surface area (Å²) in [6.07, 6.45) is 0.780. The lowest BCUT2D eigenvalue weighted by Crippen LogP contribution is -2.04. The Morgan fingerprint density at radius 2 is 2.00 bits per heavy atom. The van der Waals surface area contributed by atoms with E-state index in [4.69, 9.17) is 0 Å². The molecule has 110 valence electrons. The van der Waals surface area contributed by atoms with Crippen LogP contribution in [0.1, 0.15) is 25.1 Å². The van der Waals surface area contributed by atoms with Crippen molar-refractivity contribution in [2.45, 2.75) is 27.2 Å². The van der Waals surface area contributed by atoms with Gasteiger partial charge in [0.05, 0.1) is 4.92 Å². The smallest absolute Gasteiger partial charge is 0.270 e. The molecular weight excluding hydrogens is 268 g/mol. The van der Waals surface area contributed by atoms with E-state index < -0.39 is 4.92 Å². The van der Waals surface area contributed by atoms with Crippen LogP contribution in [0.4, 0.5) is 11.5 Å². The number of rotatable bonds is 5. The fourth-order valence-corrected chi connectivity index (χ4v) is 2.04. The molecule has 6 nitrogen and oxygen atoms in total. The van der Waals surface area contributed by atoms with Gasteiger partial charge in [0.1, 0.15) is 5.82 Å². The third-order valence-electron chi connectivity index (χ3n) is 3.17. The maximum Gasteiger partial charge on any atom is 0.270 e. The second kappa shape index (κ2) is 6.30. The van der Waals surface area contributed by atoms with Gasteiger partial charge in [0, 0.05) is 36.0 Å². The van der Waals surface area contributed by atoms with Crippen molar-refractivity contribution in [1.29, 1.82) is 0 Å². The van der Waals surface area contributed by atoms with Crippen LogP contribution < -0.4 is 5.32 Å². The van der Waals surface area contributed by atoms with E-state index in [1.54, 1.807) is 6.07 Å². The van der Waals surface area contributed by atoms with Gasteiger partial charge in [0.15, 0.2) is 5.82 Å². The predicted octanol–water partition coefficient (Wildman–Crippen LogP) is 3.35. The Bertz CT molecular complexity index is 671. The highest BCUT2D eigenvalue weighted by molar-refractivity contribution is 5.65. The highest BCUT2D eigenvalue weighted by Crippen LogP contribution is 2.26. The zero-order chi connectivity index (χ0) is 15.4. The number of aromatic nitrogens is 2. The molecule has 0 unspecified atom stereocenters. The fourth-order valence-electron chi connectivity index (χ4n) is 2.04. The van der Waals surface area contributed by atoms with Crippen molar-refractivity contribution in [3.63, 3.8) is 0 Å². The van der Waals surface area contributed by atoms with E-state index in [9.17, 15) is 10.1 Å². The molecule has 0 aliphatic rings. The van der Waals surface area contributed by atoms with E-state index in [0.29, 0.717) is 11.4 Å². The highest BCUT2D eigenvalue weighted by atomic mass is 16.6. The number of nitro groups is 1. The summed E-state index contributed by atoms with van der Waals surface area (Å²) >= 11 is 0. The van der Waals surface area contributed by atoms with Gasteiger partial charge in [-0.3, -0.25) is 10.1 Å². The van der Waals surface area contributed by atoms with Gasteiger partial charge in [-0.1, -0.05) is 13.0 Å². The van der Waals surface area contributed by atoms with Crippen molar-refractivity contribution >= 4 is 11.5 Å². The topological polar surface area (TPSA) is 81.0 Å². The van der Waals surface area contributed by atoms with Crippen LogP contribution in [0.15, 0.2) is 24.3 Å². The molecule has 0 bridgehead atoms. The zero-order valence-electron chi connectivity index (χ0n) is 12.4. The molecular formula is C15H18N4O2. The fraction of sp³-hybridized carbons (Fsp3) is 0.333. The lowest BCUT2D eigenvalue weighted by molar-refractivity contribution is -0.384. The molecule has 1 N–H and O–H groups in total. The van der Waals surface area contributed by atoms with Crippen LogP contribution in [0.25, 0.3) is 11.4 Å². The van der Waals surface area contributed by atoms with Crippen LogP contribution >= 0.6 is 0 Å². The van der Waals surface area contributed by atoms with Crippen molar-refractivity contribution < 1.29 is 4.92 Å². The minimum Gasteiger partial charge on any atom is -0.370 e. The van der Waals surface area contributed by atoms with Crippen LogP contribution in [0.2, 0.25) is 0 Å². The summed E-state index contributed by atoms with van der Waals surface area (Å²) in [6.45, 7) is 6.66. The second-order valence-electron chi connectivity index (χ2n) is 4.71. The minimum atomic E-state index is -0.405. The first kappa shape index (κ1) is 14.9. The van der Waals surface area contributed by atoms with Crippen molar-refractivity contribution in [2.24, 2.45) is 0 Å². The summed E-state index contributed by atoms with van der Waals surface area (Å²) < 4.78 is 0. The number of nitrogens with one attached hydrogen (secondary N) is 1. The molecule has 2 aromatic rings. The summed E-state index contributed by atoms with van der Waals surface area (Å²) in [5, 5.41) is 14.1. The summed E-state index contributed by atoms with van der Waals surface area (Å²) in [7, 11) is 0. The lowest BCUT2D eigenvalue weighted by Gasteiger charge is -2.09. The monoisotopic (exact) mass is 286 g/mol. The number of hydrogen-bond donors (Lipinski definition) is 1. The van der Waals surface area contributed by atoms with Crippen LogP contribution in [-0.2, 0) is 6.42 Å². The second-order valence-corrected chi connectivity index (χ2v) is 4.71. The SMILES string of the molecule is CCNc1cc(CC)nc(-c2cc([N+](=O)[O-])ccc2C)n1. The number of aryl methyl sites for hydroxylation is 2. The minimum absolute atomic E-state index is 0.0473. The van der Waals surface area contributed by atoms with E-state index in [-0.39, 0.29) is 5.69 Å². The van der Waals surface area contributed by atoms with Gasteiger partial charge in [0.2, 0.25) is 0 Å². The average Bonchev–Trinajstić information content (AvgIpc) is 2.47. The first-order valence-corrected chi connectivity index (χ1v) is 6.92. The van der Waals surface area contributed by atoms with E-state index in [0.717, 1.165) is 30.0 Å². The predicted molar refractivity (Wildman–Crippen MR) is 82.4 cm³/mol. The third-order valence-corrected chi connectivity index (χ3v) is 3.17. The summed E-state index contributed by atoms with van der Waals surface area (Å²) in [5.74, 6) is 1.26. The number of nitrogens with zero attached hydrogens (tertiary/aromatic N) is 3. The molecule has 2 rings (SSSR count). The van der Waals surface area contributed by atoms with Gasteiger partial charge in [0.25, 0.3) is 5.69 Å². The first-order chi connectivity index (χ1) is 10.0. The quantitative estimate of drug-likeness (QED) is 0.673. The molecule has 1 aromatic heterocycles. The van der Waals surface area contributed by atoms with Crippen LogP contribution in [0.3, 0.4) is 0 Å². The average molecular weight is 286 g/mol. The summed E-state index contributed by atoms with van der Waals surface area (Å²) in [5.41, 5.74) is 2.56. The molecule has 0 saturated heterocycles. The van der Waals surface area contributed by atoms with Crippen molar-refractivity contribution in [2.75, 3.05) is 11.9 Å². The molecule has 21 heavy (non-hydrogen) atoms. The molecule has 0 fully saturated rings. The highest BCUT2D eigenvalue weighted by Gasteiger charge is 2.13. The Hall–Kier alpha value is -2.50. The molecule has 0 aliphatic heterocycles. The Morgan fingerprint density at radius 3 is 2.62 bits per heavy atom. The largest absolute Gasteiger partial charge is 0.370 e. The van der Waals surface area contributed by atoms with Crippen LogP contribution in [0, 0.1) is 17.0 Å². The standard InChI is InChI=1S/C15H18N4O2/c1-4-11-8-14(16-5-2)18-15(17-11)13-9-12(19(20)21)7-6-10(13)3/h6-9H,4-5H2,1-3H3,(H,16,17,18). The molecule has 0 spiro atoms. The number of non-ortho nitro benzene ring substituents is 1. The zero-order valence-corrected chi connectivity index (χ0v) is 12.4. The van der Waals surface area contributed by atoms with Gasteiger partial charge in [-0.25, -0.2) is 9.97 Å². The number of benzene rings is 1. The third kappa shape index (κ3) is 3.34. The van der Waals surface area contributed by atoms with Gasteiger partial charge >= 0.3 is 0 Å². The molecule has 0 aliphatic carbocycles. The van der Waals surface area contributed by atoms with Crippen LogP contribution in [0.5, 0.6) is 0 Å². The van der Waals surface area contributed by atoms with Crippen molar-refractivity contribution in [3.05, 3.63) is 45.6 Å². The molecule has 1 aromatic carbocycles. The van der Waals surface area contributed by atoms with Crippen molar-refractivity contribution in [3.8, 4) is 11.4 Å². The Morgan fingerprint density at radius 1 is 1.24 bits per heavy atom. The maximum absolute atomic E-state index is 10.9. The number of nitro benzene ring substituents is 1. The van der Waals surface area contributed by atoms with E-state index in [1.807, 2.05) is 26.8 Å². The van der Waals surface area contributed by atoms with Gasteiger partial charge in [-0.2, -0.15) is 0 Å². The maximum atomic E-state index is 10.9. The molecule has 1 heterocycles. The van der Waals surface area contributed by atoms with E-state index in [2.05, 4.69) is 15.3 Å².